The van der Waals surface area contributed by atoms with Crippen molar-refractivity contribution in [2.75, 3.05) is 14.2 Å². The molecule has 2 aromatic rings. The van der Waals surface area contributed by atoms with Gasteiger partial charge in [-0.3, -0.25) is 9.59 Å². The van der Waals surface area contributed by atoms with Gasteiger partial charge in [-0.05, 0) is 0 Å². The van der Waals surface area contributed by atoms with E-state index in [0.29, 0.717) is 11.6 Å². The van der Waals surface area contributed by atoms with E-state index in [1.54, 1.807) is 12.4 Å². The SMILES string of the molecule is COC(=O)C(C(=O)OC)C(c1ncc[nH]1)c1ncc[nH]1. The molecular weight excluding hydrogens is 264 g/mol. The lowest BCUT2D eigenvalue weighted by Gasteiger charge is -2.20. The lowest BCUT2D eigenvalue weighted by molar-refractivity contribution is -0.159. The molecule has 2 rings (SSSR count). The van der Waals surface area contributed by atoms with E-state index in [0.717, 1.165) is 0 Å². The Bertz CT molecular complexity index is 514. The number of H-pyrrole nitrogens is 2. The molecule has 0 aliphatic rings. The van der Waals surface area contributed by atoms with Gasteiger partial charge in [-0.2, -0.15) is 0 Å². The highest BCUT2D eigenvalue weighted by molar-refractivity contribution is 5.96. The van der Waals surface area contributed by atoms with Crippen molar-refractivity contribution in [3.63, 3.8) is 0 Å². The van der Waals surface area contributed by atoms with Gasteiger partial charge >= 0.3 is 11.9 Å². The number of carbonyl (C=O) groups excluding carboxylic acids is 2. The second-order valence-electron chi connectivity index (χ2n) is 3.95. The lowest BCUT2D eigenvalue weighted by Crippen LogP contribution is -2.34. The first kappa shape index (κ1) is 13.8. The van der Waals surface area contributed by atoms with Crippen LogP contribution in [0.2, 0.25) is 0 Å². The van der Waals surface area contributed by atoms with E-state index in [1.165, 1.54) is 26.6 Å². The lowest BCUT2D eigenvalue weighted by atomic mass is 9.90. The molecule has 8 heteroatoms. The zero-order valence-electron chi connectivity index (χ0n) is 11.0. The summed E-state index contributed by atoms with van der Waals surface area (Å²) in [6.07, 6.45) is 6.24. The van der Waals surface area contributed by atoms with Crippen LogP contribution in [0.1, 0.15) is 17.6 Å². The average Bonchev–Trinajstić information content (AvgIpc) is 3.16. The molecule has 0 atom stereocenters. The maximum absolute atomic E-state index is 11.9. The average molecular weight is 278 g/mol. The van der Waals surface area contributed by atoms with Crippen LogP contribution in [-0.2, 0) is 19.1 Å². The van der Waals surface area contributed by atoms with Crippen LogP contribution in [0.15, 0.2) is 24.8 Å². The topological polar surface area (TPSA) is 110 Å². The summed E-state index contributed by atoms with van der Waals surface area (Å²) in [5.41, 5.74) is 0. The number of esters is 2. The van der Waals surface area contributed by atoms with Gasteiger partial charge in [-0.15, -0.1) is 0 Å². The number of imidazole rings is 2. The smallest absolute Gasteiger partial charge is 0.321 e. The number of aromatic amines is 2. The summed E-state index contributed by atoms with van der Waals surface area (Å²) >= 11 is 0. The Kier molecular flexibility index (Phi) is 4.14. The van der Waals surface area contributed by atoms with Gasteiger partial charge in [0.2, 0.25) is 0 Å². The fraction of sp³-hybridized carbons (Fsp3) is 0.333. The van der Waals surface area contributed by atoms with Gasteiger partial charge in [0, 0.05) is 24.8 Å². The Morgan fingerprint density at radius 1 is 1.00 bits per heavy atom. The summed E-state index contributed by atoms with van der Waals surface area (Å²) in [4.78, 5) is 37.8. The highest BCUT2D eigenvalue weighted by Crippen LogP contribution is 2.29. The van der Waals surface area contributed by atoms with E-state index < -0.39 is 23.8 Å². The Morgan fingerprint density at radius 3 is 1.75 bits per heavy atom. The van der Waals surface area contributed by atoms with E-state index >= 15 is 0 Å². The van der Waals surface area contributed by atoms with Crippen LogP contribution in [-0.4, -0.2) is 46.1 Å². The van der Waals surface area contributed by atoms with Crippen molar-refractivity contribution in [2.24, 2.45) is 5.92 Å². The number of nitrogens with zero attached hydrogens (tertiary/aromatic N) is 2. The van der Waals surface area contributed by atoms with Crippen molar-refractivity contribution in [3.05, 3.63) is 36.4 Å². The molecule has 2 heterocycles. The van der Waals surface area contributed by atoms with E-state index in [4.69, 9.17) is 0 Å². The Labute approximate surface area is 114 Å². The summed E-state index contributed by atoms with van der Waals surface area (Å²) < 4.78 is 9.38. The van der Waals surface area contributed by atoms with Gasteiger partial charge in [0.15, 0.2) is 5.92 Å². The molecule has 0 bridgehead atoms. The van der Waals surface area contributed by atoms with Gasteiger partial charge in [0.25, 0.3) is 0 Å². The number of hydrogen-bond donors (Lipinski definition) is 2. The molecular formula is C12H14N4O4. The summed E-state index contributed by atoms with van der Waals surface area (Å²) in [6.45, 7) is 0. The van der Waals surface area contributed by atoms with E-state index in [-0.39, 0.29) is 0 Å². The van der Waals surface area contributed by atoms with Crippen LogP contribution < -0.4 is 0 Å². The maximum Gasteiger partial charge on any atom is 0.321 e. The van der Waals surface area contributed by atoms with Crippen molar-refractivity contribution >= 4 is 11.9 Å². The minimum absolute atomic E-state index is 0.417. The van der Waals surface area contributed by atoms with Crippen LogP contribution >= 0.6 is 0 Å². The standard InChI is InChI=1S/C12H14N4O4/c1-19-11(17)8(12(18)20-2)7(9-13-3-4-14-9)10-15-5-6-16-10/h3-8H,1-2H3,(H,13,14)(H,15,16). The van der Waals surface area contributed by atoms with Crippen LogP contribution in [0.4, 0.5) is 0 Å². The predicted molar refractivity (Wildman–Crippen MR) is 66.5 cm³/mol. The minimum Gasteiger partial charge on any atom is -0.468 e. The van der Waals surface area contributed by atoms with Crippen molar-refractivity contribution in [3.8, 4) is 0 Å². The predicted octanol–water partition coefficient (Wildman–Crippen LogP) is 0.227. The maximum atomic E-state index is 11.9. The molecule has 0 radical (unpaired) electrons. The molecule has 0 amide bonds. The van der Waals surface area contributed by atoms with Crippen LogP contribution in [0.5, 0.6) is 0 Å². The molecule has 0 saturated carbocycles. The molecule has 0 aromatic carbocycles. The number of nitrogens with one attached hydrogen (secondary N) is 2. The Balaban J connectivity index is 2.48. The monoisotopic (exact) mass is 278 g/mol. The summed E-state index contributed by atoms with van der Waals surface area (Å²) in [7, 11) is 2.42. The van der Waals surface area contributed by atoms with Crippen LogP contribution in [0, 0.1) is 5.92 Å². The molecule has 0 saturated heterocycles. The summed E-state index contributed by atoms with van der Waals surface area (Å²) in [5.74, 6) is -2.52. The first-order chi connectivity index (χ1) is 9.69. The molecule has 0 fully saturated rings. The quantitative estimate of drug-likeness (QED) is 0.598. The number of aromatic nitrogens is 4. The number of rotatable bonds is 5. The third kappa shape index (κ3) is 2.53. The Hall–Kier alpha value is -2.64. The molecule has 2 aromatic heterocycles. The van der Waals surface area contributed by atoms with Gasteiger partial charge in [-0.1, -0.05) is 0 Å². The molecule has 106 valence electrons. The Morgan fingerprint density at radius 2 is 1.45 bits per heavy atom. The van der Waals surface area contributed by atoms with E-state index in [9.17, 15) is 9.59 Å². The van der Waals surface area contributed by atoms with Crippen LogP contribution in [0.25, 0.3) is 0 Å². The highest BCUT2D eigenvalue weighted by Gasteiger charge is 2.41. The zero-order chi connectivity index (χ0) is 14.5. The van der Waals surface area contributed by atoms with Crippen molar-refractivity contribution in [2.45, 2.75) is 5.92 Å². The second kappa shape index (κ2) is 6.00. The minimum atomic E-state index is -1.19. The summed E-state index contributed by atoms with van der Waals surface area (Å²) in [6, 6.07) is 0. The van der Waals surface area contributed by atoms with Crippen LogP contribution in [0.3, 0.4) is 0 Å². The van der Waals surface area contributed by atoms with Crippen molar-refractivity contribution in [1.82, 2.24) is 19.9 Å². The van der Waals surface area contributed by atoms with Gasteiger partial charge in [-0.25, -0.2) is 9.97 Å². The van der Waals surface area contributed by atoms with Gasteiger partial charge in [0.05, 0.1) is 20.1 Å². The number of methoxy groups -OCH3 is 2. The summed E-state index contributed by atoms with van der Waals surface area (Å²) in [5, 5.41) is 0. The third-order valence-corrected chi connectivity index (χ3v) is 2.87. The number of ether oxygens (including phenoxy) is 2. The van der Waals surface area contributed by atoms with Crippen molar-refractivity contribution in [1.29, 1.82) is 0 Å². The highest BCUT2D eigenvalue weighted by atomic mass is 16.5. The second-order valence-corrected chi connectivity index (χ2v) is 3.95. The molecule has 0 aliphatic heterocycles. The zero-order valence-corrected chi connectivity index (χ0v) is 11.0. The molecule has 8 nitrogen and oxygen atoms in total. The van der Waals surface area contributed by atoms with E-state index in [1.807, 2.05) is 0 Å². The van der Waals surface area contributed by atoms with Gasteiger partial charge in [0.1, 0.15) is 11.6 Å². The first-order valence-corrected chi connectivity index (χ1v) is 5.83. The molecule has 20 heavy (non-hydrogen) atoms. The van der Waals surface area contributed by atoms with Crippen molar-refractivity contribution < 1.29 is 19.1 Å². The molecule has 0 aliphatic carbocycles. The largest absolute Gasteiger partial charge is 0.468 e. The molecule has 0 spiro atoms. The normalized spacial score (nSPS) is 10.8. The van der Waals surface area contributed by atoms with E-state index in [2.05, 4.69) is 29.4 Å². The fourth-order valence-electron chi connectivity index (χ4n) is 1.96. The molecule has 0 unspecified atom stereocenters. The number of carbonyl (C=O) groups is 2. The fourth-order valence-corrected chi connectivity index (χ4v) is 1.96. The number of hydrogen-bond acceptors (Lipinski definition) is 6. The third-order valence-electron chi connectivity index (χ3n) is 2.87. The van der Waals surface area contributed by atoms with Gasteiger partial charge < -0.3 is 19.4 Å². The first-order valence-electron chi connectivity index (χ1n) is 5.83. The molecule has 2 N–H and O–H groups in total.